The number of benzene rings is 1. The molecule has 1 aromatic heterocycles. The highest BCUT2D eigenvalue weighted by molar-refractivity contribution is 7.98. The molecule has 0 aliphatic carbocycles. The van der Waals surface area contributed by atoms with E-state index in [0.29, 0.717) is 24.7 Å². The fourth-order valence-corrected chi connectivity index (χ4v) is 2.83. The van der Waals surface area contributed by atoms with Crippen molar-refractivity contribution in [2.75, 3.05) is 17.7 Å². The summed E-state index contributed by atoms with van der Waals surface area (Å²) in [5.74, 6) is 1.25. The van der Waals surface area contributed by atoms with Crippen LogP contribution in [0.15, 0.2) is 33.7 Å². The van der Waals surface area contributed by atoms with Crippen LogP contribution < -0.4 is 4.90 Å². The summed E-state index contributed by atoms with van der Waals surface area (Å²) >= 11 is 1.66. The highest BCUT2D eigenvalue weighted by Gasteiger charge is 2.34. The molecule has 1 atom stereocenters. The molecule has 1 fully saturated rings. The van der Waals surface area contributed by atoms with Crippen LogP contribution in [0.25, 0.3) is 0 Å². The lowest BCUT2D eigenvalue weighted by Gasteiger charge is -2.16. The molecule has 5 nitrogen and oxygen atoms in total. The Bertz CT molecular complexity index is 641. The fraction of sp³-hybridized carbons (Fsp3) is 0.357. The van der Waals surface area contributed by atoms with E-state index >= 15 is 0 Å². The van der Waals surface area contributed by atoms with E-state index in [1.54, 1.807) is 23.6 Å². The zero-order valence-electron chi connectivity index (χ0n) is 11.4. The maximum absolute atomic E-state index is 12.2. The van der Waals surface area contributed by atoms with Crippen LogP contribution in [0.4, 0.5) is 5.69 Å². The van der Waals surface area contributed by atoms with Crippen LogP contribution in [0.3, 0.4) is 0 Å². The molecule has 0 radical (unpaired) electrons. The van der Waals surface area contributed by atoms with E-state index in [1.807, 2.05) is 30.5 Å². The van der Waals surface area contributed by atoms with E-state index in [-0.39, 0.29) is 11.8 Å². The number of amides is 1. The van der Waals surface area contributed by atoms with E-state index in [4.69, 9.17) is 4.52 Å². The molecular formula is C14H15N3O2S. The number of nitrogens with zero attached hydrogens (tertiary/aromatic N) is 3. The lowest BCUT2D eigenvalue weighted by Crippen LogP contribution is -2.24. The Balaban J connectivity index is 1.83. The van der Waals surface area contributed by atoms with E-state index in [2.05, 4.69) is 10.1 Å². The van der Waals surface area contributed by atoms with Crippen molar-refractivity contribution in [2.24, 2.45) is 0 Å². The maximum Gasteiger partial charge on any atom is 0.232 e. The van der Waals surface area contributed by atoms with Crippen molar-refractivity contribution in [3.63, 3.8) is 0 Å². The third-order valence-corrected chi connectivity index (χ3v) is 4.11. The van der Waals surface area contributed by atoms with Gasteiger partial charge in [0, 0.05) is 23.5 Å². The summed E-state index contributed by atoms with van der Waals surface area (Å²) in [7, 11) is 0. The number of carbonyl (C=O) groups is 1. The first-order valence-electron chi connectivity index (χ1n) is 6.42. The summed E-state index contributed by atoms with van der Waals surface area (Å²) in [6.45, 7) is 2.38. The van der Waals surface area contributed by atoms with Gasteiger partial charge in [0.05, 0.1) is 5.92 Å². The smallest absolute Gasteiger partial charge is 0.232 e. The standard InChI is InChI=1S/C14H15N3O2S/c1-9-15-14(19-16-9)10-6-13(18)17(8-10)11-4-3-5-12(7-11)20-2/h3-5,7,10H,6,8H2,1-2H3. The molecule has 1 amide bonds. The van der Waals surface area contributed by atoms with Gasteiger partial charge in [0.2, 0.25) is 11.8 Å². The average Bonchev–Trinajstić information content (AvgIpc) is 3.05. The Kier molecular flexibility index (Phi) is 3.48. The van der Waals surface area contributed by atoms with Gasteiger partial charge in [-0.3, -0.25) is 4.79 Å². The van der Waals surface area contributed by atoms with Crippen LogP contribution in [0.5, 0.6) is 0 Å². The minimum atomic E-state index is -0.0124. The van der Waals surface area contributed by atoms with Gasteiger partial charge >= 0.3 is 0 Å². The summed E-state index contributed by atoms with van der Waals surface area (Å²) in [6, 6.07) is 8.00. The molecule has 0 bridgehead atoms. The molecule has 2 aromatic rings. The highest BCUT2D eigenvalue weighted by Crippen LogP contribution is 2.32. The second kappa shape index (κ2) is 5.28. The Morgan fingerprint density at radius 1 is 1.45 bits per heavy atom. The molecule has 1 aliphatic rings. The van der Waals surface area contributed by atoms with Crippen LogP contribution in [-0.2, 0) is 4.79 Å². The van der Waals surface area contributed by atoms with Gasteiger partial charge in [0.1, 0.15) is 0 Å². The molecule has 1 aliphatic heterocycles. The van der Waals surface area contributed by atoms with E-state index < -0.39 is 0 Å². The second-order valence-corrected chi connectivity index (χ2v) is 5.67. The van der Waals surface area contributed by atoms with Crippen LogP contribution in [0, 0.1) is 6.92 Å². The minimum Gasteiger partial charge on any atom is -0.339 e. The lowest BCUT2D eigenvalue weighted by molar-refractivity contribution is -0.117. The number of hydrogen-bond acceptors (Lipinski definition) is 5. The zero-order chi connectivity index (χ0) is 14.1. The Labute approximate surface area is 121 Å². The molecule has 104 valence electrons. The molecular weight excluding hydrogens is 274 g/mol. The van der Waals surface area contributed by atoms with Crippen molar-refractivity contribution in [1.29, 1.82) is 0 Å². The number of anilines is 1. The molecule has 3 rings (SSSR count). The summed E-state index contributed by atoms with van der Waals surface area (Å²) < 4.78 is 5.18. The first-order chi connectivity index (χ1) is 9.67. The predicted molar refractivity (Wildman–Crippen MR) is 77.0 cm³/mol. The molecule has 0 spiro atoms. The Morgan fingerprint density at radius 2 is 2.30 bits per heavy atom. The summed E-state index contributed by atoms with van der Waals surface area (Å²) in [6.07, 6.45) is 2.44. The average molecular weight is 289 g/mol. The molecule has 6 heteroatoms. The largest absolute Gasteiger partial charge is 0.339 e. The third kappa shape index (κ3) is 2.43. The molecule has 0 N–H and O–H groups in total. The zero-order valence-corrected chi connectivity index (χ0v) is 12.2. The molecule has 0 saturated carbocycles. The van der Waals surface area contributed by atoms with E-state index in [1.165, 1.54) is 0 Å². The van der Waals surface area contributed by atoms with Crippen LogP contribution in [0.1, 0.15) is 24.1 Å². The Morgan fingerprint density at radius 3 is 3.00 bits per heavy atom. The number of aryl methyl sites for hydroxylation is 1. The SMILES string of the molecule is CSc1cccc(N2CC(c3nc(C)no3)CC2=O)c1. The van der Waals surface area contributed by atoms with Crippen molar-refractivity contribution in [3.8, 4) is 0 Å². The van der Waals surface area contributed by atoms with Gasteiger partial charge in [0.25, 0.3) is 0 Å². The van der Waals surface area contributed by atoms with Gasteiger partial charge in [-0.2, -0.15) is 4.98 Å². The molecule has 1 aromatic carbocycles. The summed E-state index contributed by atoms with van der Waals surface area (Å²) in [5, 5.41) is 3.79. The Hall–Kier alpha value is -1.82. The van der Waals surface area contributed by atoms with Crippen LogP contribution in [0.2, 0.25) is 0 Å². The number of aromatic nitrogens is 2. The number of hydrogen-bond donors (Lipinski definition) is 0. The lowest BCUT2D eigenvalue weighted by atomic mass is 10.1. The first kappa shape index (κ1) is 13.2. The second-order valence-electron chi connectivity index (χ2n) is 4.79. The maximum atomic E-state index is 12.2. The molecule has 20 heavy (non-hydrogen) atoms. The number of thioether (sulfide) groups is 1. The summed E-state index contributed by atoms with van der Waals surface area (Å²) in [4.78, 5) is 19.4. The van der Waals surface area contributed by atoms with Gasteiger partial charge < -0.3 is 9.42 Å². The van der Waals surface area contributed by atoms with Crippen molar-refractivity contribution < 1.29 is 9.32 Å². The van der Waals surface area contributed by atoms with Crippen molar-refractivity contribution in [1.82, 2.24) is 10.1 Å². The summed E-state index contributed by atoms with van der Waals surface area (Å²) in [5.41, 5.74) is 0.931. The van der Waals surface area contributed by atoms with Gasteiger partial charge in [-0.25, -0.2) is 0 Å². The van der Waals surface area contributed by atoms with Crippen LogP contribution >= 0.6 is 11.8 Å². The fourth-order valence-electron chi connectivity index (χ4n) is 2.38. The van der Waals surface area contributed by atoms with Crippen molar-refractivity contribution in [2.45, 2.75) is 24.2 Å². The van der Waals surface area contributed by atoms with Gasteiger partial charge in [-0.15, -0.1) is 11.8 Å². The number of rotatable bonds is 3. The van der Waals surface area contributed by atoms with Gasteiger partial charge in [-0.05, 0) is 31.4 Å². The quantitative estimate of drug-likeness (QED) is 0.813. The predicted octanol–water partition coefficient (Wildman–Crippen LogP) is 2.62. The normalized spacial score (nSPS) is 18.8. The van der Waals surface area contributed by atoms with Crippen molar-refractivity contribution in [3.05, 3.63) is 36.0 Å². The minimum absolute atomic E-state index is 0.0124. The van der Waals surface area contributed by atoms with Gasteiger partial charge in [0.15, 0.2) is 5.82 Å². The molecule has 1 saturated heterocycles. The first-order valence-corrected chi connectivity index (χ1v) is 7.64. The van der Waals surface area contributed by atoms with E-state index in [9.17, 15) is 4.79 Å². The van der Waals surface area contributed by atoms with Crippen LogP contribution in [-0.4, -0.2) is 28.8 Å². The molecule has 1 unspecified atom stereocenters. The third-order valence-electron chi connectivity index (χ3n) is 3.38. The number of carbonyl (C=O) groups excluding carboxylic acids is 1. The molecule has 2 heterocycles. The highest BCUT2D eigenvalue weighted by atomic mass is 32.2. The van der Waals surface area contributed by atoms with Crippen molar-refractivity contribution >= 4 is 23.4 Å². The monoisotopic (exact) mass is 289 g/mol. The topological polar surface area (TPSA) is 59.2 Å². The van der Waals surface area contributed by atoms with E-state index in [0.717, 1.165) is 10.6 Å². The van der Waals surface area contributed by atoms with Gasteiger partial charge in [-0.1, -0.05) is 11.2 Å².